The molecule has 2 heterocycles. The molecule has 0 saturated carbocycles. The molecule has 2 aromatic carbocycles. The van der Waals surface area contributed by atoms with Gasteiger partial charge in [-0.1, -0.05) is 41.9 Å². The van der Waals surface area contributed by atoms with Crippen LogP contribution in [-0.4, -0.2) is 74.8 Å². The van der Waals surface area contributed by atoms with Crippen molar-refractivity contribution in [3.63, 3.8) is 0 Å². The highest BCUT2D eigenvalue weighted by Crippen LogP contribution is 2.32. The van der Waals surface area contributed by atoms with Gasteiger partial charge in [0.25, 0.3) is 0 Å². The summed E-state index contributed by atoms with van der Waals surface area (Å²) >= 11 is 6.06. The molecule has 0 unspecified atom stereocenters. The molecule has 178 valence electrons. The Kier molecular flexibility index (Phi) is 7.58. The van der Waals surface area contributed by atoms with Crippen LogP contribution in [-0.2, 0) is 21.4 Å². The van der Waals surface area contributed by atoms with Gasteiger partial charge in [0.1, 0.15) is 10.6 Å². The smallest absolute Gasteiger partial charge is 0.246 e. The predicted molar refractivity (Wildman–Crippen MR) is 128 cm³/mol. The van der Waals surface area contributed by atoms with Gasteiger partial charge in [-0.15, -0.1) is 0 Å². The number of hydrogen-bond acceptors (Lipinski definition) is 5. The Labute approximate surface area is 200 Å². The van der Waals surface area contributed by atoms with Crippen LogP contribution in [0.2, 0.25) is 5.02 Å². The Balaban J connectivity index is 1.38. The molecule has 7 nitrogen and oxygen atoms in total. The molecule has 4 rings (SSSR count). The van der Waals surface area contributed by atoms with E-state index in [-0.39, 0.29) is 29.0 Å². The number of amides is 1. The second-order valence-electron chi connectivity index (χ2n) is 8.58. The van der Waals surface area contributed by atoms with Gasteiger partial charge in [0.05, 0.1) is 13.0 Å². The third kappa shape index (κ3) is 5.51. The van der Waals surface area contributed by atoms with Crippen LogP contribution in [0.3, 0.4) is 0 Å². The van der Waals surface area contributed by atoms with E-state index in [1.165, 1.54) is 23.0 Å². The van der Waals surface area contributed by atoms with Gasteiger partial charge in [-0.3, -0.25) is 9.69 Å². The number of carbonyl (C=O) groups excluding carboxylic acids is 1. The number of halogens is 1. The van der Waals surface area contributed by atoms with Crippen LogP contribution < -0.4 is 4.74 Å². The van der Waals surface area contributed by atoms with Crippen molar-refractivity contribution in [1.82, 2.24) is 14.1 Å². The van der Waals surface area contributed by atoms with E-state index < -0.39 is 10.0 Å². The van der Waals surface area contributed by atoms with E-state index in [1.54, 1.807) is 12.1 Å². The van der Waals surface area contributed by atoms with Crippen LogP contribution in [0.25, 0.3) is 0 Å². The van der Waals surface area contributed by atoms with Crippen LogP contribution in [0.4, 0.5) is 0 Å². The van der Waals surface area contributed by atoms with E-state index in [0.29, 0.717) is 37.5 Å². The minimum atomic E-state index is -3.82. The number of methoxy groups -OCH3 is 1. The summed E-state index contributed by atoms with van der Waals surface area (Å²) in [5, 5.41) is 0.326. The molecule has 0 bridgehead atoms. The van der Waals surface area contributed by atoms with E-state index in [9.17, 15) is 13.2 Å². The van der Waals surface area contributed by atoms with Gasteiger partial charge < -0.3 is 9.64 Å². The molecule has 0 N–H and O–H groups in total. The van der Waals surface area contributed by atoms with Crippen LogP contribution >= 0.6 is 11.6 Å². The Morgan fingerprint density at radius 2 is 1.79 bits per heavy atom. The lowest BCUT2D eigenvalue weighted by Gasteiger charge is -2.38. The maximum atomic E-state index is 13.3. The average Bonchev–Trinajstić information content (AvgIpc) is 2.85. The van der Waals surface area contributed by atoms with Crippen molar-refractivity contribution < 1.29 is 17.9 Å². The zero-order chi connectivity index (χ0) is 23.4. The minimum absolute atomic E-state index is 0.0418. The van der Waals surface area contributed by atoms with Gasteiger partial charge in [0, 0.05) is 50.8 Å². The summed E-state index contributed by atoms with van der Waals surface area (Å²) in [6.07, 6.45) is 1.34. The lowest BCUT2D eigenvalue weighted by molar-refractivity contribution is -0.138. The number of hydrogen-bond donors (Lipinski definition) is 0. The van der Waals surface area contributed by atoms with Crippen molar-refractivity contribution in [2.75, 3.05) is 46.4 Å². The first-order valence-electron chi connectivity index (χ1n) is 11.3. The van der Waals surface area contributed by atoms with Crippen molar-refractivity contribution >= 4 is 27.5 Å². The summed E-state index contributed by atoms with van der Waals surface area (Å²) in [7, 11) is -2.39. The first-order valence-corrected chi connectivity index (χ1v) is 13.1. The van der Waals surface area contributed by atoms with Crippen molar-refractivity contribution in [1.29, 1.82) is 0 Å². The van der Waals surface area contributed by atoms with Gasteiger partial charge in [-0.05, 0) is 36.6 Å². The number of carbonyl (C=O) groups is 1. The molecule has 1 amide bonds. The van der Waals surface area contributed by atoms with Crippen LogP contribution in [0.15, 0.2) is 53.4 Å². The van der Waals surface area contributed by atoms with Crippen LogP contribution in [0, 0.1) is 5.92 Å². The number of ether oxygens (including phenoxy) is 1. The van der Waals surface area contributed by atoms with E-state index in [2.05, 4.69) is 17.0 Å². The highest BCUT2D eigenvalue weighted by molar-refractivity contribution is 7.89. The number of sulfonamides is 1. The van der Waals surface area contributed by atoms with E-state index in [1.807, 2.05) is 23.1 Å². The summed E-state index contributed by atoms with van der Waals surface area (Å²) < 4.78 is 33.3. The zero-order valence-corrected chi connectivity index (χ0v) is 20.4. The molecule has 9 heteroatoms. The molecule has 33 heavy (non-hydrogen) atoms. The van der Waals surface area contributed by atoms with Crippen molar-refractivity contribution in [3.8, 4) is 5.75 Å². The third-order valence-electron chi connectivity index (χ3n) is 6.41. The Bertz CT molecular complexity index is 1070. The fourth-order valence-electron chi connectivity index (χ4n) is 4.58. The lowest BCUT2D eigenvalue weighted by Crippen LogP contribution is -2.52. The van der Waals surface area contributed by atoms with Gasteiger partial charge in [-0.2, -0.15) is 4.31 Å². The molecule has 2 saturated heterocycles. The minimum Gasteiger partial charge on any atom is -0.495 e. The summed E-state index contributed by atoms with van der Waals surface area (Å²) in [6.45, 7) is 4.39. The van der Waals surface area contributed by atoms with Crippen molar-refractivity contribution in [2.45, 2.75) is 24.3 Å². The predicted octanol–water partition coefficient (Wildman–Crippen LogP) is 3.09. The summed E-state index contributed by atoms with van der Waals surface area (Å²) in [6, 6.07) is 14.9. The quantitative estimate of drug-likeness (QED) is 0.621. The van der Waals surface area contributed by atoms with Crippen molar-refractivity contribution in [3.05, 3.63) is 59.1 Å². The normalized spacial score (nSPS) is 20.5. The highest BCUT2D eigenvalue weighted by Gasteiger charge is 2.37. The molecular formula is C24H30ClN3O4S. The van der Waals surface area contributed by atoms with Crippen LogP contribution in [0.1, 0.15) is 18.4 Å². The highest BCUT2D eigenvalue weighted by atomic mass is 35.5. The molecule has 2 fully saturated rings. The maximum absolute atomic E-state index is 13.3. The second-order valence-corrected chi connectivity index (χ2v) is 10.9. The molecule has 0 aliphatic carbocycles. The van der Waals surface area contributed by atoms with Gasteiger partial charge >= 0.3 is 0 Å². The second kappa shape index (κ2) is 10.4. The molecule has 2 aliphatic heterocycles. The molecule has 0 aromatic heterocycles. The monoisotopic (exact) mass is 491 g/mol. The Morgan fingerprint density at radius 1 is 1.06 bits per heavy atom. The number of rotatable bonds is 6. The van der Waals surface area contributed by atoms with Gasteiger partial charge in [0.2, 0.25) is 15.9 Å². The topological polar surface area (TPSA) is 70.2 Å². The summed E-state index contributed by atoms with van der Waals surface area (Å²) in [5.41, 5.74) is 1.27. The first kappa shape index (κ1) is 24.0. The van der Waals surface area contributed by atoms with E-state index in [0.717, 1.165) is 19.6 Å². The Morgan fingerprint density at radius 3 is 2.48 bits per heavy atom. The van der Waals surface area contributed by atoms with Crippen molar-refractivity contribution in [2.24, 2.45) is 5.92 Å². The van der Waals surface area contributed by atoms with E-state index >= 15 is 0 Å². The molecule has 2 aliphatic rings. The van der Waals surface area contributed by atoms with Crippen LogP contribution in [0.5, 0.6) is 5.75 Å². The lowest BCUT2D eigenvalue weighted by atomic mass is 9.97. The fourth-order valence-corrected chi connectivity index (χ4v) is 6.52. The molecule has 2 aromatic rings. The van der Waals surface area contributed by atoms with Gasteiger partial charge in [-0.25, -0.2) is 8.42 Å². The van der Waals surface area contributed by atoms with Gasteiger partial charge in [0.15, 0.2) is 0 Å². The third-order valence-corrected chi connectivity index (χ3v) is 8.53. The number of nitrogens with zero attached hydrogens (tertiary/aromatic N) is 3. The maximum Gasteiger partial charge on any atom is 0.246 e. The first-order chi connectivity index (χ1) is 15.9. The summed E-state index contributed by atoms with van der Waals surface area (Å²) in [5.74, 6) is -0.0333. The number of piperazine rings is 1. The molecule has 0 spiro atoms. The number of piperidine rings is 1. The zero-order valence-electron chi connectivity index (χ0n) is 18.8. The standard InChI is InChI=1S/C24H30ClN3O4S/c1-32-22-10-9-21(25)16-23(22)33(30,31)28-11-5-8-20(18-28)24(29)27-14-12-26(13-15-27)17-19-6-3-2-4-7-19/h2-4,6-7,9-10,16,20H,5,8,11-15,17-18H2,1H3/t20-/m0/s1. The largest absolute Gasteiger partial charge is 0.495 e. The summed E-state index contributed by atoms with van der Waals surface area (Å²) in [4.78, 5) is 17.5. The molecule has 1 atom stereocenters. The SMILES string of the molecule is COc1ccc(Cl)cc1S(=O)(=O)N1CCC[C@H](C(=O)N2CCN(Cc3ccccc3)CC2)C1. The molecule has 0 radical (unpaired) electrons. The average molecular weight is 492 g/mol. The Hall–Kier alpha value is -2.13. The fraction of sp³-hybridized carbons (Fsp3) is 0.458. The van der Waals surface area contributed by atoms with E-state index in [4.69, 9.17) is 16.3 Å². The number of benzene rings is 2. The molecular weight excluding hydrogens is 462 g/mol.